The molecule has 0 amide bonds. The molecule has 64 valence electrons. The third-order valence-corrected chi connectivity index (χ3v) is 1.56. The van der Waals surface area contributed by atoms with Crippen LogP contribution in [-0.4, -0.2) is 14.7 Å². The van der Waals surface area contributed by atoms with Gasteiger partial charge in [-0.1, -0.05) is 12.1 Å². The molecule has 0 bridgehead atoms. The van der Waals surface area contributed by atoms with E-state index in [1.807, 2.05) is 24.3 Å². The van der Waals surface area contributed by atoms with Gasteiger partial charge in [0.15, 0.2) is 0 Å². The van der Waals surface area contributed by atoms with Gasteiger partial charge in [-0.2, -0.15) is 0 Å². The van der Waals surface area contributed by atoms with Crippen LogP contribution >= 0.6 is 0 Å². The Kier molecular flexibility index (Phi) is 3.64. The van der Waals surface area contributed by atoms with Crippen LogP contribution in [0.5, 0.6) is 0 Å². The van der Waals surface area contributed by atoms with Crippen molar-refractivity contribution in [2.45, 2.75) is 6.54 Å². The van der Waals surface area contributed by atoms with Gasteiger partial charge in [-0.25, -0.2) is 0 Å². The third-order valence-electron chi connectivity index (χ3n) is 1.56. The first kappa shape index (κ1) is 9.10. The van der Waals surface area contributed by atoms with Crippen LogP contribution in [0.4, 0.5) is 5.69 Å². The fourth-order valence-corrected chi connectivity index (χ4v) is 0.933. The summed E-state index contributed by atoms with van der Waals surface area (Å²) in [4.78, 5) is 0. The average molecular weight is 164 g/mol. The second-order valence-electron chi connectivity index (χ2n) is 2.60. The number of hydrogen-bond acceptors (Lipinski definition) is 3. The van der Waals surface area contributed by atoms with E-state index in [0.717, 1.165) is 12.2 Å². The molecule has 0 saturated carbocycles. The first-order valence-corrected chi connectivity index (χ1v) is 3.87. The van der Waals surface area contributed by atoms with Crippen LogP contribution in [0.1, 0.15) is 5.56 Å². The van der Waals surface area contributed by atoms with Crippen LogP contribution in [0.15, 0.2) is 24.3 Å². The highest BCUT2D eigenvalue weighted by Crippen LogP contribution is 2.04. The van der Waals surface area contributed by atoms with Gasteiger partial charge in [0.2, 0.25) is 0 Å². The third kappa shape index (κ3) is 2.94. The largest absolute Gasteiger partial charge is 0.427 e. The monoisotopic (exact) mass is 164 g/mol. The minimum absolute atomic E-state index is 0.574. The summed E-state index contributed by atoms with van der Waals surface area (Å²) in [6.07, 6.45) is 0. The number of nitrogens with two attached hydrogens (primary N) is 1. The Hall–Kier alpha value is -0.995. The van der Waals surface area contributed by atoms with E-state index in [0.29, 0.717) is 7.62 Å². The molecule has 12 heavy (non-hydrogen) atoms. The number of hydrogen-bond donors (Lipinski definition) is 2. The molecular weight excluding hydrogens is 151 g/mol. The zero-order valence-electron chi connectivity index (χ0n) is 7.21. The lowest BCUT2D eigenvalue weighted by Gasteiger charge is -2.01. The van der Waals surface area contributed by atoms with Crippen molar-refractivity contribution < 1.29 is 4.65 Å². The van der Waals surface area contributed by atoms with Crippen LogP contribution in [0, 0.1) is 0 Å². The molecule has 0 fully saturated rings. The second-order valence-corrected chi connectivity index (χ2v) is 2.60. The predicted octanol–water partition coefficient (Wildman–Crippen LogP) is 0.271. The minimum Gasteiger partial charge on any atom is -0.427 e. The molecule has 0 spiro atoms. The summed E-state index contributed by atoms with van der Waals surface area (Å²) in [5, 5.41) is 3.11. The number of rotatable bonds is 4. The van der Waals surface area contributed by atoms with E-state index in [1.165, 1.54) is 5.56 Å². The molecule has 0 atom stereocenters. The highest BCUT2D eigenvalue weighted by molar-refractivity contribution is 6.23. The van der Waals surface area contributed by atoms with Gasteiger partial charge in [-0.3, -0.25) is 0 Å². The zero-order chi connectivity index (χ0) is 8.81. The quantitative estimate of drug-likeness (QED) is 0.381. The predicted molar refractivity (Wildman–Crippen MR) is 51.9 cm³/mol. The molecule has 0 radical (unpaired) electrons. The molecule has 0 unspecified atom stereocenters. The van der Waals surface area contributed by atoms with Crippen molar-refractivity contribution in [2.24, 2.45) is 0 Å². The lowest BCUT2D eigenvalue weighted by atomic mass is 10.1. The van der Waals surface area contributed by atoms with E-state index in [2.05, 4.69) is 5.23 Å². The Labute approximate surface area is 73.2 Å². The fourth-order valence-electron chi connectivity index (χ4n) is 0.933. The van der Waals surface area contributed by atoms with Gasteiger partial charge in [0.05, 0.1) is 0 Å². The van der Waals surface area contributed by atoms with E-state index in [9.17, 15) is 0 Å². The molecule has 0 aliphatic heterocycles. The Morgan fingerprint density at radius 1 is 1.42 bits per heavy atom. The maximum absolute atomic E-state index is 5.54. The maximum Gasteiger partial charge on any atom is 0.360 e. The van der Waals surface area contributed by atoms with Crippen LogP contribution in [0.2, 0.25) is 0 Å². The molecule has 1 aromatic rings. The molecule has 3 nitrogen and oxygen atoms in total. The standard InChI is InChI=1S/C8H13BN2O/c1-12-9-11-6-7-2-4-8(10)5-3-7/h2-5,9,11H,6,10H2,1H3. The number of benzene rings is 1. The molecule has 4 heteroatoms. The van der Waals surface area contributed by atoms with E-state index in [-0.39, 0.29) is 0 Å². The Morgan fingerprint density at radius 2 is 2.08 bits per heavy atom. The highest BCUT2D eigenvalue weighted by atomic mass is 16.4. The van der Waals surface area contributed by atoms with Crippen LogP contribution in [0.3, 0.4) is 0 Å². The molecule has 1 rings (SSSR count). The summed E-state index contributed by atoms with van der Waals surface area (Å²) < 4.78 is 4.85. The van der Waals surface area contributed by atoms with Crippen LogP contribution < -0.4 is 11.0 Å². The second kappa shape index (κ2) is 4.80. The summed E-state index contributed by atoms with van der Waals surface area (Å²) in [6, 6.07) is 7.78. The van der Waals surface area contributed by atoms with Crippen molar-refractivity contribution in [3.05, 3.63) is 29.8 Å². The van der Waals surface area contributed by atoms with Gasteiger partial charge in [0.25, 0.3) is 0 Å². The Balaban J connectivity index is 2.37. The van der Waals surface area contributed by atoms with E-state index in [1.54, 1.807) is 7.11 Å². The summed E-state index contributed by atoms with van der Waals surface area (Å²) >= 11 is 0. The number of anilines is 1. The van der Waals surface area contributed by atoms with Gasteiger partial charge in [-0.15, -0.1) is 0 Å². The number of nitrogens with one attached hydrogen (secondary N) is 1. The van der Waals surface area contributed by atoms with E-state index < -0.39 is 0 Å². The number of nitrogen functional groups attached to an aromatic ring is 1. The molecule has 0 aliphatic rings. The van der Waals surface area contributed by atoms with Gasteiger partial charge in [0.1, 0.15) is 0 Å². The lowest BCUT2D eigenvalue weighted by Crippen LogP contribution is -2.19. The molecular formula is C8H13BN2O. The Bertz CT molecular complexity index is 225. The fraction of sp³-hybridized carbons (Fsp3) is 0.250. The van der Waals surface area contributed by atoms with Crippen molar-refractivity contribution >= 4 is 13.3 Å². The van der Waals surface area contributed by atoms with Crippen LogP contribution in [0.25, 0.3) is 0 Å². The van der Waals surface area contributed by atoms with E-state index >= 15 is 0 Å². The van der Waals surface area contributed by atoms with E-state index in [4.69, 9.17) is 10.4 Å². The molecule has 3 N–H and O–H groups in total. The van der Waals surface area contributed by atoms with Crippen molar-refractivity contribution in [1.29, 1.82) is 0 Å². The van der Waals surface area contributed by atoms with Gasteiger partial charge in [-0.05, 0) is 17.7 Å². The highest BCUT2D eigenvalue weighted by Gasteiger charge is 1.91. The zero-order valence-corrected chi connectivity index (χ0v) is 7.21. The van der Waals surface area contributed by atoms with Crippen molar-refractivity contribution in [3.63, 3.8) is 0 Å². The van der Waals surface area contributed by atoms with Crippen molar-refractivity contribution in [3.8, 4) is 0 Å². The topological polar surface area (TPSA) is 47.3 Å². The Morgan fingerprint density at radius 3 is 2.67 bits per heavy atom. The summed E-state index contributed by atoms with van der Waals surface area (Å²) in [6.45, 7) is 0.814. The lowest BCUT2D eigenvalue weighted by molar-refractivity contribution is 0.430. The smallest absolute Gasteiger partial charge is 0.360 e. The molecule has 0 saturated heterocycles. The van der Waals surface area contributed by atoms with Gasteiger partial charge < -0.3 is 15.6 Å². The average Bonchev–Trinajstić information content (AvgIpc) is 2.09. The molecule has 0 aliphatic carbocycles. The van der Waals surface area contributed by atoms with Crippen molar-refractivity contribution in [1.82, 2.24) is 5.23 Å². The van der Waals surface area contributed by atoms with Crippen LogP contribution in [-0.2, 0) is 11.2 Å². The summed E-state index contributed by atoms with van der Waals surface area (Å²) in [5.74, 6) is 0. The SMILES string of the molecule is COBNCc1ccc(N)cc1. The normalized spacial score (nSPS) is 9.75. The summed E-state index contributed by atoms with van der Waals surface area (Å²) in [7, 11) is 2.24. The molecule has 0 aromatic heterocycles. The maximum atomic E-state index is 5.54. The molecule has 0 heterocycles. The van der Waals surface area contributed by atoms with Gasteiger partial charge in [0, 0.05) is 19.3 Å². The first-order valence-electron chi connectivity index (χ1n) is 3.87. The first-order chi connectivity index (χ1) is 5.83. The minimum atomic E-state index is 0.574. The van der Waals surface area contributed by atoms with Gasteiger partial charge >= 0.3 is 7.62 Å². The van der Waals surface area contributed by atoms with Crippen molar-refractivity contribution in [2.75, 3.05) is 12.8 Å². The summed E-state index contributed by atoms with van der Waals surface area (Å²) in [5.41, 5.74) is 7.54. The molecule has 1 aromatic carbocycles.